The molecular formula is C10H18N2OS. The second-order valence-corrected chi connectivity index (χ2v) is 5.58. The van der Waals surface area contributed by atoms with Crippen molar-refractivity contribution < 1.29 is 4.79 Å². The third-order valence-electron chi connectivity index (χ3n) is 2.89. The van der Waals surface area contributed by atoms with Crippen molar-refractivity contribution in [1.29, 1.82) is 0 Å². The van der Waals surface area contributed by atoms with Crippen LogP contribution >= 0.6 is 11.8 Å². The van der Waals surface area contributed by atoms with E-state index in [9.17, 15) is 4.79 Å². The number of rotatable bonds is 4. The van der Waals surface area contributed by atoms with E-state index in [0.717, 1.165) is 19.6 Å². The normalized spacial score (nSPS) is 27.3. The Bertz CT molecular complexity index is 200. The van der Waals surface area contributed by atoms with Crippen molar-refractivity contribution in [1.82, 2.24) is 10.6 Å². The lowest BCUT2D eigenvalue weighted by Gasteiger charge is -2.26. The summed E-state index contributed by atoms with van der Waals surface area (Å²) >= 11 is 2.00. The zero-order valence-electron chi connectivity index (χ0n) is 8.42. The van der Waals surface area contributed by atoms with Crippen LogP contribution in [0.3, 0.4) is 0 Å². The Balaban J connectivity index is 1.57. The van der Waals surface area contributed by atoms with Crippen molar-refractivity contribution in [3.63, 3.8) is 0 Å². The van der Waals surface area contributed by atoms with Crippen molar-refractivity contribution in [3.8, 4) is 0 Å². The lowest BCUT2D eigenvalue weighted by molar-refractivity contribution is -0.122. The van der Waals surface area contributed by atoms with Gasteiger partial charge in [0, 0.05) is 18.2 Å². The summed E-state index contributed by atoms with van der Waals surface area (Å²) in [4.78, 5) is 11.5. The molecule has 0 aliphatic carbocycles. The van der Waals surface area contributed by atoms with Gasteiger partial charge in [-0.1, -0.05) is 0 Å². The molecule has 2 fully saturated rings. The summed E-state index contributed by atoms with van der Waals surface area (Å²) in [6, 6.07) is 0. The molecule has 0 radical (unpaired) electrons. The molecule has 0 aromatic rings. The van der Waals surface area contributed by atoms with Gasteiger partial charge >= 0.3 is 0 Å². The summed E-state index contributed by atoms with van der Waals surface area (Å²) in [5.74, 6) is 2.10. The van der Waals surface area contributed by atoms with Gasteiger partial charge in [-0.25, -0.2) is 0 Å². The molecule has 2 rings (SSSR count). The van der Waals surface area contributed by atoms with Crippen LogP contribution in [0.2, 0.25) is 0 Å². The molecule has 1 amide bonds. The summed E-state index contributed by atoms with van der Waals surface area (Å²) in [6.45, 7) is 2.92. The van der Waals surface area contributed by atoms with Crippen LogP contribution < -0.4 is 10.6 Å². The first kappa shape index (κ1) is 10.3. The molecule has 0 aromatic carbocycles. The monoisotopic (exact) mass is 214 g/mol. The molecule has 0 aromatic heterocycles. The highest BCUT2D eigenvalue weighted by Gasteiger charge is 2.21. The number of thioether (sulfide) groups is 1. The van der Waals surface area contributed by atoms with Gasteiger partial charge in [-0.2, -0.15) is 11.8 Å². The van der Waals surface area contributed by atoms with Crippen LogP contribution in [0.5, 0.6) is 0 Å². The number of carbonyl (C=O) groups excluding carboxylic acids is 1. The van der Waals surface area contributed by atoms with Gasteiger partial charge < -0.3 is 10.6 Å². The van der Waals surface area contributed by atoms with E-state index in [2.05, 4.69) is 10.6 Å². The predicted octanol–water partition coefficient (Wildman–Crippen LogP) is 0.608. The Hall–Kier alpha value is -0.220. The second-order valence-electron chi connectivity index (χ2n) is 4.17. The largest absolute Gasteiger partial charge is 0.355 e. The van der Waals surface area contributed by atoms with Gasteiger partial charge in [0.25, 0.3) is 0 Å². The first-order valence-electron chi connectivity index (χ1n) is 5.43. The molecule has 1 atom stereocenters. The van der Waals surface area contributed by atoms with E-state index >= 15 is 0 Å². The zero-order valence-corrected chi connectivity index (χ0v) is 9.24. The number of hydrogen-bond donors (Lipinski definition) is 2. The smallest absolute Gasteiger partial charge is 0.220 e. The summed E-state index contributed by atoms with van der Waals surface area (Å²) in [6.07, 6.45) is 3.30. The van der Waals surface area contributed by atoms with E-state index in [1.54, 1.807) is 0 Å². The number of hydrogen-bond acceptors (Lipinski definition) is 3. The molecule has 14 heavy (non-hydrogen) atoms. The molecule has 2 heterocycles. The van der Waals surface area contributed by atoms with E-state index < -0.39 is 0 Å². The lowest BCUT2D eigenvalue weighted by Crippen LogP contribution is -2.45. The summed E-state index contributed by atoms with van der Waals surface area (Å²) in [5.41, 5.74) is 0. The van der Waals surface area contributed by atoms with Crippen LogP contribution in [-0.2, 0) is 4.79 Å². The average molecular weight is 214 g/mol. The topological polar surface area (TPSA) is 41.1 Å². The minimum absolute atomic E-state index is 0.240. The first-order chi connectivity index (χ1) is 6.84. The Morgan fingerprint density at radius 3 is 2.93 bits per heavy atom. The lowest BCUT2D eigenvalue weighted by atomic mass is 9.99. The highest BCUT2D eigenvalue weighted by atomic mass is 32.2. The van der Waals surface area contributed by atoms with Crippen LogP contribution in [-0.4, -0.2) is 36.5 Å². The number of nitrogens with one attached hydrogen (secondary N) is 2. The Morgan fingerprint density at radius 1 is 1.50 bits per heavy atom. The fourth-order valence-electron chi connectivity index (χ4n) is 1.86. The third-order valence-corrected chi connectivity index (χ3v) is 4.29. The maximum atomic E-state index is 11.5. The standard InChI is InChI=1S/C10H18N2OS/c13-10(4-8-5-11-6-8)12-7-9-2-1-3-14-9/h8-9,11H,1-7H2,(H,12,13). The number of carbonyl (C=O) groups is 1. The Kier molecular flexibility index (Phi) is 3.70. The molecule has 2 N–H and O–H groups in total. The SMILES string of the molecule is O=C(CC1CNC1)NCC1CCCS1. The second kappa shape index (κ2) is 5.03. The van der Waals surface area contributed by atoms with Crippen molar-refractivity contribution in [2.24, 2.45) is 5.92 Å². The fraction of sp³-hybridized carbons (Fsp3) is 0.900. The highest BCUT2D eigenvalue weighted by molar-refractivity contribution is 8.00. The van der Waals surface area contributed by atoms with Gasteiger partial charge in [-0.05, 0) is 37.6 Å². The maximum absolute atomic E-state index is 11.5. The van der Waals surface area contributed by atoms with Gasteiger partial charge in [0.15, 0.2) is 0 Å². The third kappa shape index (κ3) is 2.89. The average Bonchev–Trinajstić information content (AvgIpc) is 2.60. The van der Waals surface area contributed by atoms with Gasteiger partial charge in [-0.3, -0.25) is 4.79 Å². The van der Waals surface area contributed by atoms with Crippen LogP contribution in [0, 0.1) is 5.92 Å². The predicted molar refractivity (Wildman–Crippen MR) is 59.5 cm³/mol. The van der Waals surface area contributed by atoms with Crippen LogP contribution in [0.25, 0.3) is 0 Å². The van der Waals surface area contributed by atoms with E-state index in [1.807, 2.05) is 11.8 Å². The fourth-order valence-corrected chi connectivity index (χ4v) is 3.06. The molecule has 0 saturated carbocycles. The van der Waals surface area contributed by atoms with Crippen molar-refractivity contribution in [3.05, 3.63) is 0 Å². The minimum atomic E-state index is 0.240. The molecule has 4 heteroatoms. The minimum Gasteiger partial charge on any atom is -0.355 e. The molecule has 2 aliphatic heterocycles. The van der Waals surface area contributed by atoms with Crippen molar-refractivity contribution >= 4 is 17.7 Å². The van der Waals surface area contributed by atoms with E-state index in [4.69, 9.17) is 0 Å². The van der Waals surface area contributed by atoms with Crippen molar-refractivity contribution in [2.75, 3.05) is 25.4 Å². The molecule has 0 bridgehead atoms. The Morgan fingerprint density at radius 2 is 2.36 bits per heavy atom. The summed E-state index contributed by atoms with van der Waals surface area (Å²) in [7, 11) is 0. The van der Waals surface area contributed by atoms with Gasteiger partial charge in [0.05, 0.1) is 0 Å². The zero-order chi connectivity index (χ0) is 9.80. The molecule has 2 saturated heterocycles. The highest BCUT2D eigenvalue weighted by Crippen LogP contribution is 2.25. The quantitative estimate of drug-likeness (QED) is 0.720. The van der Waals surface area contributed by atoms with Crippen molar-refractivity contribution in [2.45, 2.75) is 24.5 Å². The molecule has 80 valence electrons. The van der Waals surface area contributed by atoms with Crippen LogP contribution in [0.1, 0.15) is 19.3 Å². The number of amides is 1. The van der Waals surface area contributed by atoms with E-state index in [-0.39, 0.29) is 5.91 Å². The van der Waals surface area contributed by atoms with Crippen LogP contribution in [0.4, 0.5) is 0 Å². The Labute approximate surface area is 89.4 Å². The van der Waals surface area contributed by atoms with E-state index in [0.29, 0.717) is 17.6 Å². The summed E-state index contributed by atoms with van der Waals surface area (Å²) in [5, 5.41) is 6.89. The van der Waals surface area contributed by atoms with Gasteiger partial charge in [0.2, 0.25) is 5.91 Å². The molecule has 0 spiro atoms. The van der Waals surface area contributed by atoms with Gasteiger partial charge in [0.1, 0.15) is 0 Å². The molecular weight excluding hydrogens is 196 g/mol. The first-order valence-corrected chi connectivity index (χ1v) is 6.48. The van der Waals surface area contributed by atoms with Crippen LogP contribution in [0.15, 0.2) is 0 Å². The van der Waals surface area contributed by atoms with Gasteiger partial charge in [-0.15, -0.1) is 0 Å². The summed E-state index contributed by atoms with van der Waals surface area (Å²) < 4.78 is 0. The maximum Gasteiger partial charge on any atom is 0.220 e. The van der Waals surface area contributed by atoms with E-state index in [1.165, 1.54) is 18.6 Å². The molecule has 3 nitrogen and oxygen atoms in total. The molecule has 2 aliphatic rings. The molecule has 1 unspecified atom stereocenters.